The van der Waals surface area contributed by atoms with Crippen molar-refractivity contribution in [2.24, 2.45) is 0 Å². The topological polar surface area (TPSA) is 128 Å². The summed E-state index contributed by atoms with van der Waals surface area (Å²) in [4.78, 5) is 4.43. The highest BCUT2D eigenvalue weighted by atomic mass is 32.2. The highest BCUT2D eigenvalue weighted by Crippen LogP contribution is 2.36. The lowest BCUT2D eigenvalue weighted by molar-refractivity contribution is 0.417. The van der Waals surface area contributed by atoms with Crippen LogP contribution in [0.15, 0.2) is 59.6 Å². The summed E-state index contributed by atoms with van der Waals surface area (Å²) < 4.78 is 56.9. The molecule has 0 unspecified atom stereocenters. The zero-order chi connectivity index (χ0) is 23.5. The molecule has 0 bridgehead atoms. The van der Waals surface area contributed by atoms with Crippen molar-refractivity contribution in [2.45, 2.75) is 18.2 Å². The van der Waals surface area contributed by atoms with Gasteiger partial charge in [-0.05, 0) is 36.2 Å². The maximum absolute atomic E-state index is 12.3. The summed E-state index contributed by atoms with van der Waals surface area (Å²) in [5.74, 6) is 0.554. The molecule has 0 aliphatic rings. The van der Waals surface area contributed by atoms with Crippen molar-refractivity contribution in [1.29, 1.82) is 0 Å². The number of nitrogen functional groups attached to an aromatic ring is 1. The number of pyridine rings is 1. The average molecular weight is 476 g/mol. The smallest absolute Gasteiger partial charge is 0.232 e. The Kier molecular flexibility index (Phi) is 6.75. The SMILES string of the molecule is CCCS(=O)(=O)Nc1cc(-c2cc(-c3ccccc3S(C)(=O)=O)cnc2N)ccc1OC. The Morgan fingerprint density at radius 1 is 1.00 bits per heavy atom. The van der Waals surface area contributed by atoms with Crippen molar-refractivity contribution < 1.29 is 21.6 Å². The summed E-state index contributed by atoms with van der Waals surface area (Å²) in [6.45, 7) is 1.78. The van der Waals surface area contributed by atoms with E-state index in [2.05, 4.69) is 9.71 Å². The van der Waals surface area contributed by atoms with Crippen LogP contribution in [0.3, 0.4) is 0 Å². The first kappa shape index (κ1) is 23.6. The molecule has 0 radical (unpaired) electrons. The lowest BCUT2D eigenvalue weighted by Gasteiger charge is -2.15. The van der Waals surface area contributed by atoms with Gasteiger partial charge in [-0.25, -0.2) is 21.8 Å². The summed E-state index contributed by atoms with van der Waals surface area (Å²) in [5.41, 5.74) is 8.60. The summed E-state index contributed by atoms with van der Waals surface area (Å²) in [6.07, 6.45) is 3.13. The molecule has 0 fully saturated rings. The normalized spacial score (nSPS) is 11.8. The third-order valence-electron chi connectivity index (χ3n) is 4.76. The van der Waals surface area contributed by atoms with Crippen LogP contribution in [0.4, 0.5) is 11.5 Å². The van der Waals surface area contributed by atoms with Gasteiger partial charge in [0, 0.05) is 29.1 Å². The average Bonchev–Trinajstić information content (AvgIpc) is 2.73. The minimum atomic E-state index is -3.54. The van der Waals surface area contributed by atoms with Gasteiger partial charge in [-0.3, -0.25) is 4.72 Å². The molecule has 10 heteroatoms. The van der Waals surface area contributed by atoms with Crippen molar-refractivity contribution >= 4 is 31.4 Å². The third-order valence-corrected chi connectivity index (χ3v) is 7.40. The van der Waals surface area contributed by atoms with Crippen molar-refractivity contribution in [2.75, 3.05) is 29.6 Å². The molecule has 0 spiro atoms. The van der Waals surface area contributed by atoms with E-state index in [1.807, 2.05) is 0 Å². The Hall–Kier alpha value is -3.11. The minimum absolute atomic E-state index is 0.0260. The van der Waals surface area contributed by atoms with Crippen LogP contribution < -0.4 is 15.2 Å². The van der Waals surface area contributed by atoms with E-state index in [9.17, 15) is 16.8 Å². The van der Waals surface area contributed by atoms with E-state index >= 15 is 0 Å². The van der Waals surface area contributed by atoms with Crippen molar-refractivity contribution in [3.8, 4) is 28.0 Å². The summed E-state index contributed by atoms with van der Waals surface area (Å²) >= 11 is 0. The van der Waals surface area contributed by atoms with Crippen LogP contribution in [0, 0.1) is 0 Å². The fourth-order valence-corrected chi connectivity index (χ4v) is 5.37. The Morgan fingerprint density at radius 3 is 2.38 bits per heavy atom. The van der Waals surface area contributed by atoms with Crippen LogP contribution in [-0.4, -0.2) is 40.9 Å². The molecule has 1 heterocycles. The van der Waals surface area contributed by atoms with Gasteiger partial charge in [0.15, 0.2) is 9.84 Å². The standard InChI is InChI=1S/C22H25N3O5S2/c1-4-11-32(28,29)25-19-13-15(9-10-20(19)30-2)18-12-16(14-24-22(18)23)17-7-5-6-8-21(17)31(3,26)27/h5-10,12-14,25H,4,11H2,1-3H3,(H2,23,24). The second kappa shape index (κ2) is 9.17. The molecule has 2 aromatic carbocycles. The second-order valence-corrected chi connectivity index (χ2v) is 11.1. The lowest BCUT2D eigenvalue weighted by Crippen LogP contribution is -2.16. The molecule has 0 saturated carbocycles. The van der Waals surface area contributed by atoms with Gasteiger partial charge >= 0.3 is 0 Å². The zero-order valence-corrected chi connectivity index (χ0v) is 19.6. The number of sulfone groups is 1. The fraction of sp³-hybridized carbons (Fsp3) is 0.227. The number of aromatic nitrogens is 1. The van der Waals surface area contributed by atoms with Gasteiger partial charge in [-0.1, -0.05) is 31.2 Å². The number of hydrogen-bond donors (Lipinski definition) is 2. The minimum Gasteiger partial charge on any atom is -0.495 e. The zero-order valence-electron chi connectivity index (χ0n) is 18.0. The van der Waals surface area contributed by atoms with E-state index < -0.39 is 19.9 Å². The first-order valence-electron chi connectivity index (χ1n) is 9.79. The Bertz CT molecular complexity index is 1350. The number of nitrogens with zero attached hydrogens (tertiary/aromatic N) is 1. The third kappa shape index (κ3) is 5.20. The number of benzene rings is 2. The lowest BCUT2D eigenvalue weighted by atomic mass is 10.0. The Labute approximate surface area is 188 Å². The van der Waals surface area contributed by atoms with Gasteiger partial charge in [0.05, 0.1) is 23.4 Å². The van der Waals surface area contributed by atoms with E-state index in [0.29, 0.717) is 34.4 Å². The maximum atomic E-state index is 12.3. The molecule has 0 amide bonds. The largest absolute Gasteiger partial charge is 0.495 e. The molecule has 1 aromatic heterocycles. The second-order valence-electron chi connectivity index (χ2n) is 7.26. The number of ether oxygens (including phenoxy) is 1. The molecule has 0 aliphatic carbocycles. The molecule has 0 saturated heterocycles. The molecule has 3 N–H and O–H groups in total. The number of nitrogens with two attached hydrogens (primary N) is 1. The summed E-state index contributed by atoms with van der Waals surface area (Å²) in [7, 11) is -5.56. The molecular weight excluding hydrogens is 450 g/mol. The van der Waals surface area contributed by atoms with Gasteiger partial charge in [0.25, 0.3) is 0 Å². The molecule has 170 valence electrons. The van der Waals surface area contributed by atoms with Crippen LogP contribution in [0.2, 0.25) is 0 Å². The predicted octanol–water partition coefficient (Wildman–Crippen LogP) is 3.56. The van der Waals surface area contributed by atoms with Crippen molar-refractivity contribution in [3.05, 3.63) is 54.7 Å². The number of nitrogens with one attached hydrogen (secondary N) is 1. The van der Waals surface area contributed by atoms with Gasteiger partial charge in [-0.15, -0.1) is 0 Å². The Morgan fingerprint density at radius 2 is 1.72 bits per heavy atom. The highest BCUT2D eigenvalue weighted by Gasteiger charge is 2.18. The quantitative estimate of drug-likeness (QED) is 0.510. The predicted molar refractivity (Wildman–Crippen MR) is 127 cm³/mol. The van der Waals surface area contributed by atoms with Gasteiger partial charge in [0.1, 0.15) is 11.6 Å². The van der Waals surface area contributed by atoms with E-state index in [4.69, 9.17) is 10.5 Å². The van der Waals surface area contributed by atoms with Gasteiger partial charge < -0.3 is 10.5 Å². The molecular formula is C22H25N3O5S2. The van der Waals surface area contributed by atoms with Crippen LogP contribution in [0.25, 0.3) is 22.3 Å². The first-order valence-corrected chi connectivity index (χ1v) is 13.3. The molecule has 8 nitrogen and oxygen atoms in total. The fourth-order valence-electron chi connectivity index (χ4n) is 3.32. The molecule has 32 heavy (non-hydrogen) atoms. The van der Waals surface area contributed by atoms with Gasteiger partial charge in [-0.2, -0.15) is 0 Å². The molecule has 0 atom stereocenters. The van der Waals surface area contributed by atoms with Crippen molar-refractivity contribution in [3.63, 3.8) is 0 Å². The summed E-state index contributed by atoms with van der Waals surface area (Å²) in [6, 6.07) is 13.4. The van der Waals surface area contributed by atoms with Crippen LogP contribution >= 0.6 is 0 Å². The number of sulfonamides is 1. The van der Waals surface area contributed by atoms with E-state index in [1.54, 1.807) is 49.4 Å². The number of methoxy groups -OCH3 is 1. The Balaban J connectivity index is 2.14. The number of hydrogen-bond acceptors (Lipinski definition) is 7. The molecule has 0 aliphatic heterocycles. The summed E-state index contributed by atoms with van der Waals surface area (Å²) in [5, 5.41) is 0. The van der Waals surface area contributed by atoms with E-state index in [1.165, 1.54) is 19.4 Å². The maximum Gasteiger partial charge on any atom is 0.232 e. The van der Waals surface area contributed by atoms with Crippen LogP contribution in [0.5, 0.6) is 5.75 Å². The van der Waals surface area contributed by atoms with Crippen LogP contribution in [-0.2, 0) is 19.9 Å². The highest BCUT2D eigenvalue weighted by molar-refractivity contribution is 7.92. The molecule has 3 rings (SSSR count). The van der Waals surface area contributed by atoms with Gasteiger partial charge in [0.2, 0.25) is 10.0 Å². The number of anilines is 2. The first-order chi connectivity index (χ1) is 15.1. The van der Waals surface area contributed by atoms with Crippen molar-refractivity contribution in [1.82, 2.24) is 4.98 Å². The van der Waals surface area contributed by atoms with Crippen LogP contribution in [0.1, 0.15) is 13.3 Å². The monoisotopic (exact) mass is 475 g/mol. The molecule has 3 aromatic rings. The van der Waals surface area contributed by atoms with E-state index in [-0.39, 0.29) is 22.2 Å². The number of rotatable bonds is 8. The van der Waals surface area contributed by atoms with E-state index in [0.717, 1.165) is 6.26 Å².